The lowest BCUT2D eigenvalue weighted by molar-refractivity contribution is 0.388. The molecule has 0 saturated heterocycles. The third-order valence-corrected chi connectivity index (χ3v) is 7.44. The molecule has 1 aromatic carbocycles. The number of hydrogen-bond acceptors (Lipinski definition) is 9. The second-order valence-corrected chi connectivity index (χ2v) is 9.94. The fourth-order valence-corrected chi connectivity index (χ4v) is 5.31. The van der Waals surface area contributed by atoms with Gasteiger partial charge in [0.25, 0.3) is 5.56 Å². The smallest absolute Gasteiger partial charge is 0.260 e. The first-order valence-electron chi connectivity index (χ1n) is 10.6. The molecule has 174 valence electrons. The van der Waals surface area contributed by atoms with Crippen LogP contribution in [0.25, 0.3) is 21.6 Å². The summed E-state index contributed by atoms with van der Waals surface area (Å²) in [6.07, 6.45) is 1.96. The average Bonchev–Trinajstić information content (AvgIpc) is 3.41. The quantitative estimate of drug-likeness (QED) is 0.253. The van der Waals surface area contributed by atoms with Crippen LogP contribution in [0.3, 0.4) is 0 Å². The summed E-state index contributed by atoms with van der Waals surface area (Å²) < 4.78 is 16.1. The number of aromatic nitrogens is 4. The SMILES string of the molecule is CC[C@H](C)Cc1c(C)sc2nc(SCc3nc(-c4ccc(OC)cc4OC)no3)[nH]c(=O)c12. The van der Waals surface area contributed by atoms with Crippen LogP contribution in [0.2, 0.25) is 0 Å². The van der Waals surface area contributed by atoms with Crippen LogP contribution in [0.1, 0.15) is 36.6 Å². The van der Waals surface area contributed by atoms with Crippen molar-refractivity contribution in [3.05, 3.63) is 44.9 Å². The zero-order valence-electron chi connectivity index (χ0n) is 19.2. The van der Waals surface area contributed by atoms with E-state index in [2.05, 4.69) is 40.9 Å². The van der Waals surface area contributed by atoms with Gasteiger partial charge in [-0.25, -0.2) is 4.98 Å². The molecule has 3 aromatic heterocycles. The molecule has 4 aromatic rings. The van der Waals surface area contributed by atoms with Gasteiger partial charge in [0.05, 0.1) is 30.9 Å². The number of H-pyrrole nitrogens is 1. The van der Waals surface area contributed by atoms with Crippen LogP contribution in [0, 0.1) is 12.8 Å². The largest absolute Gasteiger partial charge is 0.497 e. The lowest BCUT2D eigenvalue weighted by Crippen LogP contribution is -2.11. The zero-order chi connectivity index (χ0) is 23.5. The number of nitrogens with one attached hydrogen (secondary N) is 1. The van der Waals surface area contributed by atoms with Crippen molar-refractivity contribution in [1.82, 2.24) is 20.1 Å². The Bertz CT molecular complexity index is 1330. The Morgan fingerprint density at radius 1 is 1.24 bits per heavy atom. The topological polar surface area (TPSA) is 103 Å². The van der Waals surface area contributed by atoms with E-state index in [-0.39, 0.29) is 5.56 Å². The molecule has 0 amide bonds. The molecule has 0 fully saturated rings. The van der Waals surface area contributed by atoms with E-state index in [0.29, 0.717) is 51.0 Å². The number of methoxy groups -OCH3 is 2. The number of hydrogen-bond donors (Lipinski definition) is 1. The van der Waals surface area contributed by atoms with Gasteiger partial charge in [-0.05, 0) is 37.0 Å². The summed E-state index contributed by atoms with van der Waals surface area (Å²) in [6, 6.07) is 5.40. The second-order valence-electron chi connectivity index (χ2n) is 7.77. The molecule has 0 bridgehead atoms. The Morgan fingerprint density at radius 3 is 2.79 bits per heavy atom. The van der Waals surface area contributed by atoms with Crippen LogP contribution >= 0.6 is 23.1 Å². The lowest BCUT2D eigenvalue weighted by Gasteiger charge is -2.08. The van der Waals surface area contributed by atoms with E-state index >= 15 is 0 Å². The predicted molar refractivity (Wildman–Crippen MR) is 131 cm³/mol. The molecule has 0 spiro atoms. The van der Waals surface area contributed by atoms with Gasteiger partial charge >= 0.3 is 0 Å². The Labute approximate surface area is 199 Å². The van der Waals surface area contributed by atoms with Gasteiger partial charge in [0.2, 0.25) is 11.7 Å². The minimum Gasteiger partial charge on any atom is -0.497 e. The highest BCUT2D eigenvalue weighted by atomic mass is 32.2. The van der Waals surface area contributed by atoms with Crippen molar-refractivity contribution in [2.45, 2.75) is 44.5 Å². The van der Waals surface area contributed by atoms with Gasteiger partial charge in [-0.2, -0.15) is 4.98 Å². The number of thioether (sulfide) groups is 1. The maximum absolute atomic E-state index is 12.8. The summed E-state index contributed by atoms with van der Waals surface area (Å²) in [5.41, 5.74) is 1.72. The van der Waals surface area contributed by atoms with E-state index in [1.165, 1.54) is 11.8 Å². The molecule has 1 N–H and O–H groups in total. The maximum atomic E-state index is 12.8. The van der Waals surface area contributed by atoms with E-state index in [1.54, 1.807) is 31.6 Å². The molecule has 0 aliphatic heterocycles. The summed E-state index contributed by atoms with van der Waals surface area (Å²) in [7, 11) is 3.17. The molecule has 3 heterocycles. The van der Waals surface area contributed by atoms with Crippen molar-refractivity contribution >= 4 is 33.3 Å². The van der Waals surface area contributed by atoms with Crippen LogP contribution < -0.4 is 15.0 Å². The van der Waals surface area contributed by atoms with Gasteiger partial charge in [0.1, 0.15) is 16.3 Å². The normalized spacial score (nSPS) is 12.3. The number of aromatic amines is 1. The first-order valence-corrected chi connectivity index (χ1v) is 12.4. The molecular formula is C23H26N4O4S2. The van der Waals surface area contributed by atoms with E-state index in [1.807, 2.05) is 12.1 Å². The number of rotatable bonds is 9. The van der Waals surface area contributed by atoms with E-state index in [4.69, 9.17) is 14.0 Å². The highest BCUT2D eigenvalue weighted by Crippen LogP contribution is 2.33. The lowest BCUT2D eigenvalue weighted by atomic mass is 9.98. The van der Waals surface area contributed by atoms with Crippen LogP contribution in [-0.2, 0) is 12.2 Å². The first kappa shape index (κ1) is 23.3. The van der Waals surface area contributed by atoms with E-state index in [9.17, 15) is 4.79 Å². The molecule has 0 unspecified atom stereocenters. The summed E-state index contributed by atoms with van der Waals surface area (Å²) in [5.74, 6) is 3.01. The van der Waals surface area contributed by atoms with Gasteiger partial charge < -0.3 is 19.0 Å². The highest BCUT2D eigenvalue weighted by molar-refractivity contribution is 7.98. The molecule has 8 nitrogen and oxygen atoms in total. The Kier molecular flexibility index (Phi) is 7.04. The van der Waals surface area contributed by atoms with Crippen LogP contribution in [-0.4, -0.2) is 34.3 Å². The van der Waals surface area contributed by atoms with Crippen molar-refractivity contribution < 1.29 is 14.0 Å². The standard InChI is InChI=1S/C23H26N4O4S2/c1-6-12(2)9-16-13(3)33-22-19(16)21(28)25-23(26-22)32-11-18-24-20(27-31-18)15-8-7-14(29-4)10-17(15)30-5/h7-8,10,12H,6,9,11H2,1-5H3,(H,25,26,28)/t12-/m0/s1. The third kappa shape index (κ3) is 4.91. The highest BCUT2D eigenvalue weighted by Gasteiger charge is 2.18. The molecule has 1 atom stereocenters. The summed E-state index contributed by atoms with van der Waals surface area (Å²) in [5, 5.41) is 5.32. The number of fused-ring (bicyclic) bond motifs is 1. The summed E-state index contributed by atoms with van der Waals surface area (Å²) >= 11 is 2.92. The third-order valence-electron chi connectivity index (χ3n) is 5.54. The van der Waals surface area contributed by atoms with Crippen molar-refractivity contribution in [3.63, 3.8) is 0 Å². The van der Waals surface area contributed by atoms with Crippen molar-refractivity contribution in [3.8, 4) is 22.9 Å². The van der Waals surface area contributed by atoms with Crippen LogP contribution in [0.15, 0.2) is 32.7 Å². The van der Waals surface area contributed by atoms with Gasteiger partial charge in [-0.3, -0.25) is 4.79 Å². The molecular weight excluding hydrogens is 460 g/mol. The fourth-order valence-electron chi connectivity index (χ4n) is 3.50. The van der Waals surface area contributed by atoms with Gasteiger partial charge in [0.15, 0.2) is 5.16 Å². The summed E-state index contributed by atoms with van der Waals surface area (Å²) in [4.78, 5) is 26.8. The minimum absolute atomic E-state index is 0.0978. The van der Waals surface area contributed by atoms with Crippen LogP contribution in [0.4, 0.5) is 0 Å². The van der Waals surface area contributed by atoms with Gasteiger partial charge in [-0.1, -0.05) is 37.2 Å². The number of thiophene rings is 1. The Hall–Kier alpha value is -2.85. The van der Waals surface area contributed by atoms with Crippen LogP contribution in [0.5, 0.6) is 11.5 Å². The molecule has 4 rings (SSSR count). The molecule has 0 aliphatic carbocycles. The second kappa shape index (κ2) is 9.96. The predicted octanol–water partition coefficient (Wildman–Crippen LogP) is 5.24. The number of benzene rings is 1. The minimum atomic E-state index is -0.0978. The van der Waals surface area contributed by atoms with E-state index < -0.39 is 0 Å². The van der Waals surface area contributed by atoms with E-state index in [0.717, 1.165) is 28.1 Å². The average molecular weight is 487 g/mol. The molecule has 0 aliphatic rings. The van der Waals surface area contributed by atoms with Crippen molar-refractivity contribution in [1.29, 1.82) is 0 Å². The molecule has 0 radical (unpaired) electrons. The van der Waals surface area contributed by atoms with Crippen molar-refractivity contribution in [2.75, 3.05) is 14.2 Å². The first-order chi connectivity index (χ1) is 15.9. The molecule has 33 heavy (non-hydrogen) atoms. The molecule has 0 saturated carbocycles. The monoisotopic (exact) mass is 486 g/mol. The Balaban J connectivity index is 1.53. The maximum Gasteiger partial charge on any atom is 0.260 e. The van der Waals surface area contributed by atoms with Crippen molar-refractivity contribution in [2.24, 2.45) is 5.92 Å². The van der Waals surface area contributed by atoms with Gasteiger partial charge in [0, 0.05) is 10.9 Å². The number of aryl methyl sites for hydroxylation is 1. The summed E-state index contributed by atoms with van der Waals surface area (Å²) in [6.45, 7) is 6.43. The molecule has 10 heteroatoms. The van der Waals surface area contributed by atoms with Gasteiger partial charge in [-0.15, -0.1) is 11.3 Å². The fraction of sp³-hybridized carbons (Fsp3) is 0.391. The number of ether oxygens (including phenoxy) is 2. The Morgan fingerprint density at radius 2 is 2.06 bits per heavy atom. The zero-order valence-corrected chi connectivity index (χ0v) is 20.9. The number of nitrogens with zero attached hydrogens (tertiary/aromatic N) is 3.